The molecule has 0 aliphatic carbocycles. The van der Waals surface area contributed by atoms with Crippen LogP contribution in [0.3, 0.4) is 0 Å². The first kappa shape index (κ1) is 16.6. The van der Waals surface area contributed by atoms with E-state index >= 15 is 0 Å². The summed E-state index contributed by atoms with van der Waals surface area (Å²) in [5, 5.41) is 2.87. The molecule has 2 aliphatic rings. The summed E-state index contributed by atoms with van der Waals surface area (Å²) in [6.07, 6.45) is 3.13. The van der Waals surface area contributed by atoms with Crippen LogP contribution in [-0.2, 0) is 11.2 Å². The first-order valence-electron chi connectivity index (χ1n) is 9.03. The van der Waals surface area contributed by atoms with Gasteiger partial charge in [-0.25, -0.2) is 0 Å². The summed E-state index contributed by atoms with van der Waals surface area (Å²) in [5.41, 5.74) is 3.70. The molecule has 26 heavy (non-hydrogen) atoms. The zero-order chi connectivity index (χ0) is 18.1. The zero-order valence-corrected chi connectivity index (χ0v) is 14.8. The molecule has 5 heteroatoms. The van der Waals surface area contributed by atoms with E-state index in [-0.39, 0.29) is 17.9 Å². The molecule has 0 aromatic heterocycles. The standard InChI is InChI=1S/C21H22N2O3/c1-26-17-8-4-14(5-9-17)19-3-2-12-23(19)21(25)16-6-10-18-15(13-16)7-11-20(24)22-18/h4-6,8-10,13,19H,2-3,7,11-12H2,1H3,(H,22,24)/t19-/m1/s1. The van der Waals surface area contributed by atoms with Crippen LogP contribution in [-0.4, -0.2) is 30.4 Å². The van der Waals surface area contributed by atoms with E-state index in [2.05, 4.69) is 5.32 Å². The number of benzene rings is 2. The van der Waals surface area contributed by atoms with Crippen molar-refractivity contribution in [1.29, 1.82) is 0 Å². The molecule has 0 bridgehead atoms. The second-order valence-corrected chi connectivity index (χ2v) is 6.85. The third-order valence-corrected chi connectivity index (χ3v) is 5.26. The van der Waals surface area contributed by atoms with Crippen LogP contribution in [0, 0.1) is 0 Å². The van der Waals surface area contributed by atoms with Crippen molar-refractivity contribution in [3.8, 4) is 5.75 Å². The van der Waals surface area contributed by atoms with Gasteiger partial charge in [-0.3, -0.25) is 9.59 Å². The summed E-state index contributed by atoms with van der Waals surface area (Å²) in [7, 11) is 1.65. The normalized spacial score (nSPS) is 19.0. The van der Waals surface area contributed by atoms with Gasteiger partial charge in [-0.2, -0.15) is 0 Å². The van der Waals surface area contributed by atoms with Crippen LogP contribution in [0.2, 0.25) is 0 Å². The van der Waals surface area contributed by atoms with Crippen LogP contribution < -0.4 is 10.1 Å². The monoisotopic (exact) mass is 350 g/mol. The van der Waals surface area contributed by atoms with Gasteiger partial charge in [-0.05, 0) is 60.7 Å². The highest BCUT2D eigenvalue weighted by molar-refractivity contribution is 5.98. The van der Waals surface area contributed by atoms with Crippen LogP contribution in [0.1, 0.15) is 46.8 Å². The summed E-state index contributed by atoms with van der Waals surface area (Å²) in [6, 6.07) is 13.7. The summed E-state index contributed by atoms with van der Waals surface area (Å²) >= 11 is 0. The Morgan fingerprint density at radius 3 is 2.73 bits per heavy atom. The Kier molecular flexibility index (Phi) is 4.37. The molecule has 2 amide bonds. The van der Waals surface area contributed by atoms with Gasteiger partial charge in [0.1, 0.15) is 5.75 Å². The topological polar surface area (TPSA) is 58.6 Å². The molecule has 0 radical (unpaired) electrons. The molecule has 5 nitrogen and oxygen atoms in total. The number of hydrogen-bond donors (Lipinski definition) is 1. The number of methoxy groups -OCH3 is 1. The predicted octanol–water partition coefficient (Wildman–Crippen LogP) is 3.56. The van der Waals surface area contributed by atoms with Crippen molar-refractivity contribution in [2.45, 2.75) is 31.7 Å². The highest BCUT2D eigenvalue weighted by Crippen LogP contribution is 2.34. The van der Waals surface area contributed by atoms with Crippen LogP contribution in [0.4, 0.5) is 5.69 Å². The fourth-order valence-electron chi connectivity index (χ4n) is 3.86. The molecule has 2 aliphatic heterocycles. The number of anilines is 1. The maximum Gasteiger partial charge on any atom is 0.254 e. The van der Waals surface area contributed by atoms with Crippen LogP contribution in [0.5, 0.6) is 5.75 Å². The molecular weight excluding hydrogens is 328 g/mol. The maximum atomic E-state index is 13.1. The van der Waals surface area contributed by atoms with Gasteiger partial charge in [0.05, 0.1) is 13.2 Å². The molecule has 1 N–H and O–H groups in total. The Morgan fingerprint density at radius 2 is 1.96 bits per heavy atom. The van der Waals surface area contributed by atoms with Crippen molar-refractivity contribution in [3.63, 3.8) is 0 Å². The van der Waals surface area contributed by atoms with Crippen molar-refractivity contribution in [1.82, 2.24) is 4.90 Å². The number of aryl methyl sites for hydroxylation is 1. The lowest BCUT2D eigenvalue weighted by atomic mass is 9.99. The molecule has 0 spiro atoms. The lowest BCUT2D eigenvalue weighted by molar-refractivity contribution is -0.116. The minimum Gasteiger partial charge on any atom is -0.497 e. The van der Waals surface area contributed by atoms with Crippen molar-refractivity contribution in [2.24, 2.45) is 0 Å². The summed E-state index contributed by atoms with van der Waals surface area (Å²) < 4.78 is 5.23. The smallest absolute Gasteiger partial charge is 0.254 e. The van der Waals surface area contributed by atoms with E-state index in [1.807, 2.05) is 47.4 Å². The van der Waals surface area contributed by atoms with E-state index in [9.17, 15) is 9.59 Å². The zero-order valence-electron chi connectivity index (χ0n) is 14.8. The second kappa shape index (κ2) is 6.83. The maximum absolute atomic E-state index is 13.1. The number of nitrogens with one attached hydrogen (secondary N) is 1. The third-order valence-electron chi connectivity index (χ3n) is 5.26. The fourth-order valence-corrected chi connectivity index (χ4v) is 3.86. The number of likely N-dealkylation sites (tertiary alicyclic amines) is 1. The van der Waals surface area contributed by atoms with Crippen LogP contribution in [0.15, 0.2) is 42.5 Å². The first-order valence-corrected chi connectivity index (χ1v) is 9.03. The van der Waals surface area contributed by atoms with Gasteiger partial charge in [0, 0.05) is 24.2 Å². The number of nitrogens with zero attached hydrogens (tertiary/aromatic N) is 1. The summed E-state index contributed by atoms with van der Waals surface area (Å²) in [6.45, 7) is 0.767. The van der Waals surface area contributed by atoms with Gasteiger partial charge < -0.3 is 15.0 Å². The minimum atomic E-state index is 0.0377. The van der Waals surface area contributed by atoms with Crippen LogP contribution in [0.25, 0.3) is 0 Å². The molecule has 0 unspecified atom stereocenters. The molecule has 1 fully saturated rings. The van der Waals surface area contributed by atoms with Crippen molar-refractivity contribution >= 4 is 17.5 Å². The number of hydrogen-bond acceptors (Lipinski definition) is 3. The molecule has 2 heterocycles. The van der Waals surface area contributed by atoms with E-state index in [0.29, 0.717) is 18.4 Å². The number of carbonyl (C=O) groups is 2. The lowest BCUT2D eigenvalue weighted by Gasteiger charge is -2.26. The molecule has 4 rings (SSSR count). The third kappa shape index (κ3) is 3.05. The largest absolute Gasteiger partial charge is 0.497 e. The molecular formula is C21H22N2O3. The summed E-state index contributed by atoms with van der Waals surface area (Å²) in [5.74, 6) is 0.917. The Labute approximate surface area is 153 Å². The van der Waals surface area contributed by atoms with Crippen molar-refractivity contribution in [2.75, 3.05) is 19.0 Å². The van der Waals surface area contributed by atoms with E-state index < -0.39 is 0 Å². The van der Waals surface area contributed by atoms with Gasteiger partial charge in [0.25, 0.3) is 5.91 Å². The first-order chi connectivity index (χ1) is 12.7. The Balaban J connectivity index is 1.57. The quantitative estimate of drug-likeness (QED) is 0.921. The van der Waals surface area contributed by atoms with E-state index in [1.165, 1.54) is 0 Å². The van der Waals surface area contributed by atoms with Gasteiger partial charge in [-0.1, -0.05) is 12.1 Å². The second-order valence-electron chi connectivity index (χ2n) is 6.85. The number of ether oxygens (including phenoxy) is 1. The van der Waals surface area contributed by atoms with E-state index in [4.69, 9.17) is 4.74 Å². The molecule has 134 valence electrons. The average Bonchev–Trinajstić information content (AvgIpc) is 3.17. The molecule has 1 saturated heterocycles. The molecule has 2 aromatic rings. The number of carbonyl (C=O) groups excluding carboxylic acids is 2. The summed E-state index contributed by atoms with van der Waals surface area (Å²) in [4.78, 5) is 26.6. The SMILES string of the molecule is COc1ccc([C@H]2CCCN2C(=O)c2ccc3c(c2)CCC(=O)N3)cc1. The highest BCUT2D eigenvalue weighted by atomic mass is 16.5. The van der Waals surface area contributed by atoms with Gasteiger partial charge >= 0.3 is 0 Å². The predicted molar refractivity (Wildman–Crippen MR) is 99.4 cm³/mol. The molecule has 0 saturated carbocycles. The number of fused-ring (bicyclic) bond motifs is 1. The highest BCUT2D eigenvalue weighted by Gasteiger charge is 2.31. The Morgan fingerprint density at radius 1 is 1.15 bits per heavy atom. The van der Waals surface area contributed by atoms with E-state index in [0.717, 1.165) is 42.0 Å². The van der Waals surface area contributed by atoms with Crippen LogP contribution >= 0.6 is 0 Å². The number of rotatable bonds is 3. The van der Waals surface area contributed by atoms with Gasteiger partial charge in [0.2, 0.25) is 5.91 Å². The lowest BCUT2D eigenvalue weighted by Crippen LogP contribution is -2.31. The Hall–Kier alpha value is -2.82. The van der Waals surface area contributed by atoms with Gasteiger partial charge in [-0.15, -0.1) is 0 Å². The molecule has 1 atom stereocenters. The van der Waals surface area contributed by atoms with E-state index in [1.54, 1.807) is 7.11 Å². The Bertz CT molecular complexity index is 845. The fraction of sp³-hybridized carbons (Fsp3) is 0.333. The van der Waals surface area contributed by atoms with Gasteiger partial charge in [0.15, 0.2) is 0 Å². The number of amides is 2. The molecule has 2 aromatic carbocycles. The van der Waals surface area contributed by atoms with Crippen molar-refractivity contribution in [3.05, 3.63) is 59.2 Å². The average molecular weight is 350 g/mol. The minimum absolute atomic E-state index is 0.0377. The van der Waals surface area contributed by atoms with Crippen molar-refractivity contribution < 1.29 is 14.3 Å².